The quantitative estimate of drug-likeness (QED) is 0.509. The Balaban J connectivity index is 1.91. The second-order valence-electron chi connectivity index (χ2n) is 7.29. The van der Waals surface area contributed by atoms with Gasteiger partial charge in [-0.2, -0.15) is 0 Å². The fourth-order valence-corrected chi connectivity index (χ4v) is 3.92. The molecule has 0 atom stereocenters. The van der Waals surface area contributed by atoms with Crippen LogP contribution < -0.4 is 0 Å². The lowest BCUT2D eigenvalue weighted by Crippen LogP contribution is -2.25. The third-order valence-electron chi connectivity index (χ3n) is 5.29. The van der Waals surface area contributed by atoms with Crippen LogP contribution in [-0.4, -0.2) is 30.3 Å². The summed E-state index contributed by atoms with van der Waals surface area (Å²) in [6.07, 6.45) is 12.6. The minimum absolute atomic E-state index is 0.399. The third kappa shape index (κ3) is 5.42. The van der Waals surface area contributed by atoms with E-state index in [1.54, 1.807) is 0 Å². The molecule has 0 N–H and O–H groups in total. The second kappa shape index (κ2) is 9.74. The average Bonchev–Trinajstić information content (AvgIpc) is 2.68. The minimum Gasteiger partial charge on any atom is -0.477 e. The first-order valence-electron chi connectivity index (χ1n) is 10.2. The Morgan fingerprint density at radius 2 is 1.40 bits per heavy atom. The lowest BCUT2D eigenvalue weighted by molar-refractivity contribution is 0.325. The van der Waals surface area contributed by atoms with Crippen LogP contribution in [0.15, 0.2) is 40.3 Å². The zero-order chi connectivity index (χ0) is 17.3. The van der Waals surface area contributed by atoms with Crippen LogP contribution in [0.3, 0.4) is 0 Å². The summed E-state index contributed by atoms with van der Waals surface area (Å²) in [6, 6.07) is 11.3. The lowest BCUT2D eigenvalue weighted by Gasteiger charge is -2.22. The molecule has 2 fully saturated rings. The van der Waals surface area contributed by atoms with Crippen molar-refractivity contribution in [1.82, 2.24) is 0 Å². The van der Waals surface area contributed by atoms with E-state index >= 15 is 0 Å². The molecule has 3 rings (SSSR count). The Bertz CT molecular complexity index is 567. The van der Waals surface area contributed by atoms with Crippen LogP contribution >= 0.6 is 0 Å². The van der Waals surface area contributed by atoms with Gasteiger partial charge in [0.05, 0.1) is 18.7 Å². The maximum atomic E-state index is 6.02. The van der Waals surface area contributed by atoms with E-state index < -0.39 is 0 Å². The molecule has 3 nitrogen and oxygen atoms in total. The Labute approximate surface area is 152 Å². The Hall–Kier alpha value is -1.64. The topological polar surface area (TPSA) is 34.0 Å². The van der Waals surface area contributed by atoms with Crippen LogP contribution in [0.5, 0.6) is 0 Å². The molecule has 1 aromatic carbocycles. The van der Waals surface area contributed by atoms with E-state index in [-0.39, 0.29) is 0 Å². The van der Waals surface area contributed by atoms with Crippen molar-refractivity contribution < 1.29 is 4.74 Å². The maximum Gasteiger partial charge on any atom is 0.235 e. The van der Waals surface area contributed by atoms with E-state index in [0.717, 1.165) is 17.2 Å². The summed E-state index contributed by atoms with van der Waals surface area (Å²) < 4.78 is 6.02. The normalized spacial score (nSPS) is 21.3. The predicted molar refractivity (Wildman–Crippen MR) is 106 cm³/mol. The van der Waals surface area contributed by atoms with Crippen molar-refractivity contribution >= 4 is 11.6 Å². The molecule has 0 heterocycles. The van der Waals surface area contributed by atoms with Gasteiger partial charge in [-0.25, -0.2) is 4.99 Å². The molecule has 0 bridgehead atoms. The Morgan fingerprint density at radius 1 is 0.840 bits per heavy atom. The molecule has 0 amide bonds. The van der Waals surface area contributed by atoms with Gasteiger partial charge in [-0.15, -0.1) is 0 Å². The second-order valence-corrected chi connectivity index (χ2v) is 7.29. The van der Waals surface area contributed by atoms with Gasteiger partial charge in [-0.1, -0.05) is 68.9 Å². The lowest BCUT2D eigenvalue weighted by atomic mass is 9.95. The Kier molecular flexibility index (Phi) is 7.08. The highest BCUT2D eigenvalue weighted by Gasteiger charge is 2.21. The van der Waals surface area contributed by atoms with E-state index in [4.69, 9.17) is 14.7 Å². The molecule has 3 heteroatoms. The standard InChI is InChI=1S/C22H32N2O/c1-2-25-22(24-20-16-10-5-11-17-20)21(18-12-6-3-7-13-18)23-19-14-8-4-9-15-19/h3,6-7,12-13,19-20H,2,4-5,8-11,14-17H2,1H3. The van der Waals surface area contributed by atoms with Crippen molar-refractivity contribution in [3.8, 4) is 0 Å². The summed E-state index contributed by atoms with van der Waals surface area (Å²) >= 11 is 0. The number of ether oxygens (including phenoxy) is 1. The number of benzene rings is 1. The SMILES string of the molecule is CCOC(=NC1CCCCC1)C(=NC1CCCCC1)c1ccccc1. The van der Waals surface area contributed by atoms with E-state index in [1.165, 1.54) is 64.2 Å². The number of hydrogen-bond donors (Lipinski definition) is 0. The van der Waals surface area contributed by atoms with Crippen LogP contribution in [0.4, 0.5) is 0 Å². The summed E-state index contributed by atoms with van der Waals surface area (Å²) in [7, 11) is 0. The van der Waals surface area contributed by atoms with Gasteiger partial charge in [-0.3, -0.25) is 4.99 Å². The molecule has 2 aliphatic rings. The highest BCUT2D eigenvalue weighted by Crippen LogP contribution is 2.23. The van der Waals surface area contributed by atoms with E-state index in [1.807, 2.05) is 6.92 Å². The number of hydrogen-bond acceptors (Lipinski definition) is 3. The largest absolute Gasteiger partial charge is 0.477 e. The first-order chi connectivity index (χ1) is 12.4. The number of aliphatic imine (C=N–C) groups is 2. The van der Waals surface area contributed by atoms with Crippen LogP contribution in [-0.2, 0) is 4.74 Å². The van der Waals surface area contributed by atoms with Crippen molar-refractivity contribution in [2.75, 3.05) is 6.61 Å². The van der Waals surface area contributed by atoms with Crippen molar-refractivity contribution in [2.24, 2.45) is 9.98 Å². The maximum absolute atomic E-state index is 6.02. The van der Waals surface area contributed by atoms with E-state index in [0.29, 0.717) is 18.7 Å². The molecule has 136 valence electrons. The molecule has 1 aromatic rings. The molecule has 2 saturated carbocycles. The van der Waals surface area contributed by atoms with Gasteiger partial charge in [0.1, 0.15) is 5.71 Å². The Morgan fingerprint density at radius 3 is 1.96 bits per heavy atom. The molecule has 0 aromatic heterocycles. The molecule has 0 aliphatic heterocycles. The van der Waals surface area contributed by atoms with Gasteiger partial charge < -0.3 is 4.74 Å². The fourth-order valence-electron chi connectivity index (χ4n) is 3.92. The average molecular weight is 341 g/mol. The molecular formula is C22H32N2O. The zero-order valence-electron chi connectivity index (χ0n) is 15.6. The molecule has 0 radical (unpaired) electrons. The van der Waals surface area contributed by atoms with E-state index in [9.17, 15) is 0 Å². The highest BCUT2D eigenvalue weighted by atomic mass is 16.5. The van der Waals surface area contributed by atoms with Crippen molar-refractivity contribution in [3.63, 3.8) is 0 Å². The summed E-state index contributed by atoms with van der Waals surface area (Å²) in [6.45, 7) is 2.68. The van der Waals surface area contributed by atoms with Gasteiger partial charge in [-0.05, 0) is 32.6 Å². The van der Waals surface area contributed by atoms with Crippen LogP contribution in [0.2, 0.25) is 0 Å². The molecule has 0 unspecified atom stereocenters. The van der Waals surface area contributed by atoms with Gasteiger partial charge in [0.2, 0.25) is 5.90 Å². The number of nitrogens with zero attached hydrogens (tertiary/aromatic N) is 2. The minimum atomic E-state index is 0.399. The summed E-state index contributed by atoms with van der Waals surface area (Å²) in [5.74, 6) is 0.770. The van der Waals surface area contributed by atoms with Gasteiger partial charge in [0, 0.05) is 5.56 Å². The predicted octanol–water partition coefficient (Wildman–Crippen LogP) is 5.58. The first-order valence-corrected chi connectivity index (χ1v) is 10.2. The summed E-state index contributed by atoms with van der Waals surface area (Å²) in [5.41, 5.74) is 2.11. The number of rotatable bonds is 5. The molecule has 0 spiro atoms. The van der Waals surface area contributed by atoms with Crippen LogP contribution in [0.25, 0.3) is 0 Å². The fraction of sp³-hybridized carbons (Fsp3) is 0.636. The van der Waals surface area contributed by atoms with Crippen molar-refractivity contribution in [1.29, 1.82) is 0 Å². The van der Waals surface area contributed by atoms with E-state index in [2.05, 4.69) is 30.3 Å². The smallest absolute Gasteiger partial charge is 0.235 e. The van der Waals surface area contributed by atoms with Crippen molar-refractivity contribution in [3.05, 3.63) is 35.9 Å². The summed E-state index contributed by atoms with van der Waals surface area (Å²) in [5, 5.41) is 0. The summed E-state index contributed by atoms with van der Waals surface area (Å²) in [4.78, 5) is 10.2. The van der Waals surface area contributed by atoms with Gasteiger partial charge >= 0.3 is 0 Å². The molecule has 2 aliphatic carbocycles. The third-order valence-corrected chi connectivity index (χ3v) is 5.29. The van der Waals surface area contributed by atoms with Gasteiger partial charge in [0.25, 0.3) is 0 Å². The van der Waals surface area contributed by atoms with Crippen molar-refractivity contribution in [2.45, 2.75) is 83.2 Å². The highest BCUT2D eigenvalue weighted by molar-refractivity contribution is 6.45. The van der Waals surface area contributed by atoms with Gasteiger partial charge in [0.15, 0.2) is 0 Å². The molecule has 0 saturated heterocycles. The molecular weight excluding hydrogens is 308 g/mol. The monoisotopic (exact) mass is 340 g/mol. The zero-order valence-corrected chi connectivity index (χ0v) is 15.6. The van der Waals surface area contributed by atoms with Crippen LogP contribution in [0.1, 0.15) is 76.7 Å². The molecule has 25 heavy (non-hydrogen) atoms. The van der Waals surface area contributed by atoms with Crippen LogP contribution in [0, 0.1) is 0 Å². The first kappa shape index (κ1) is 18.2.